The summed E-state index contributed by atoms with van der Waals surface area (Å²) in [5.41, 5.74) is 4.72. The summed E-state index contributed by atoms with van der Waals surface area (Å²) in [6.07, 6.45) is 2.45. The molecule has 1 fully saturated rings. The van der Waals surface area contributed by atoms with Crippen LogP contribution in [0.4, 0.5) is 0 Å². The molecule has 0 aromatic heterocycles. The molecule has 1 saturated heterocycles. The Bertz CT molecular complexity index is 378. The number of nitrogens with one attached hydrogen (secondary N) is 2. The molecule has 0 atom stereocenters. The van der Waals surface area contributed by atoms with Crippen LogP contribution in [0.3, 0.4) is 0 Å². The van der Waals surface area contributed by atoms with Gasteiger partial charge in [-0.05, 0) is 44.0 Å². The number of aryl methyl sites for hydroxylation is 1. The number of piperidine rings is 1. The highest BCUT2D eigenvalue weighted by molar-refractivity contribution is 5.41. The van der Waals surface area contributed by atoms with Crippen LogP contribution in [0.1, 0.15) is 29.5 Å². The Kier molecular flexibility index (Phi) is 2.08. The van der Waals surface area contributed by atoms with E-state index < -0.39 is 0 Å². The van der Waals surface area contributed by atoms with Crippen molar-refractivity contribution in [2.75, 3.05) is 13.1 Å². The molecule has 0 unspecified atom stereocenters. The Hall–Kier alpha value is -0.860. The summed E-state index contributed by atoms with van der Waals surface area (Å²) in [6.45, 7) is 5.51. The molecule has 0 radical (unpaired) electrons. The average molecular weight is 202 g/mol. The minimum absolute atomic E-state index is 0.286. The molecule has 1 spiro atoms. The lowest BCUT2D eigenvalue weighted by Gasteiger charge is -2.35. The van der Waals surface area contributed by atoms with Crippen molar-refractivity contribution in [2.24, 2.45) is 0 Å². The van der Waals surface area contributed by atoms with Gasteiger partial charge in [-0.2, -0.15) is 0 Å². The smallest absolute Gasteiger partial charge is 0.0464 e. The normalized spacial score (nSPS) is 23.0. The third-order valence-electron chi connectivity index (χ3n) is 3.85. The maximum atomic E-state index is 3.72. The van der Waals surface area contributed by atoms with Crippen LogP contribution in [0, 0.1) is 6.92 Å². The Morgan fingerprint density at radius 2 is 2.00 bits per heavy atom. The second-order valence-electron chi connectivity index (χ2n) is 4.85. The Balaban J connectivity index is 2.03. The van der Waals surface area contributed by atoms with Crippen LogP contribution >= 0.6 is 0 Å². The van der Waals surface area contributed by atoms with Crippen molar-refractivity contribution >= 4 is 0 Å². The van der Waals surface area contributed by atoms with Crippen molar-refractivity contribution < 1.29 is 0 Å². The molecule has 2 N–H and O–H groups in total. The minimum Gasteiger partial charge on any atom is -0.317 e. The SMILES string of the molecule is Cc1ccc2c(c1)CNC21CCNCC1. The van der Waals surface area contributed by atoms with Crippen molar-refractivity contribution in [3.05, 3.63) is 34.9 Å². The quantitative estimate of drug-likeness (QED) is 0.669. The number of hydrogen-bond donors (Lipinski definition) is 2. The number of benzene rings is 1. The van der Waals surface area contributed by atoms with Gasteiger partial charge < -0.3 is 10.6 Å². The van der Waals surface area contributed by atoms with E-state index in [1.165, 1.54) is 24.0 Å². The molecule has 1 aromatic rings. The summed E-state index contributed by atoms with van der Waals surface area (Å²) in [4.78, 5) is 0. The van der Waals surface area contributed by atoms with Crippen molar-refractivity contribution in [3.63, 3.8) is 0 Å². The summed E-state index contributed by atoms with van der Waals surface area (Å²) in [6, 6.07) is 6.91. The van der Waals surface area contributed by atoms with E-state index in [4.69, 9.17) is 0 Å². The summed E-state index contributed by atoms with van der Waals surface area (Å²) in [5.74, 6) is 0. The van der Waals surface area contributed by atoms with Crippen molar-refractivity contribution in [3.8, 4) is 0 Å². The van der Waals surface area contributed by atoms with E-state index in [1.807, 2.05) is 0 Å². The van der Waals surface area contributed by atoms with Gasteiger partial charge >= 0.3 is 0 Å². The van der Waals surface area contributed by atoms with E-state index >= 15 is 0 Å². The number of hydrogen-bond acceptors (Lipinski definition) is 2. The standard InChI is InChI=1S/C13H18N2/c1-10-2-3-12-11(8-10)9-15-13(12)4-6-14-7-5-13/h2-3,8,14-15H,4-7,9H2,1H3. The van der Waals surface area contributed by atoms with Gasteiger partial charge in [0.15, 0.2) is 0 Å². The van der Waals surface area contributed by atoms with Gasteiger partial charge in [0.1, 0.15) is 0 Å². The molecule has 1 aromatic carbocycles. The van der Waals surface area contributed by atoms with Gasteiger partial charge in [0.25, 0.3) is 0 Å². The third-order valence-corrected chi connectivity index (χ3v) is 3.85. The van der Waals surface area contributed by atoms with Crippen LogP contribution in [0.25, 0.3) is 0 Å². The summed E-state index contributed by atoms with van der Waals surface area (Å²) in [5, 5.41) is 7.16. The zero-order valence-corrected chi connectivity index (χ0v) is 9.27. The fraction of sp³-hybridized carbons (Fsp3) is 0.538. The van der Waals surface area contributed by atoms with Crippen LogP contribution in [-0.2, 0) is 12.1 Å². The molecule has 2 heterocycles. The molecule has 0 amide bonds. The fourth-order valence-corrected chi connectivity index (χ4v) is 2.99. The van der Waals surface area contributed by atoms with Gasteiger partial charge in [-0.3, -0.25) is 0 Å². The topological polar surface area (TPSA) is 24.1 Å². The third kappa shape index (κ3) is 1.40. The molecule has 3 rings (SSSR count). The Morgan fingerprint density at radius 1 is 1.20 bits per heavy atom. The molecule has 80 valence electrons. The minimum atomic E-state index is 0.286. The maximum Gasteiger partial charge on any atom is 0.0464 e. The van der Waals surface area contributed by atoms with E-state index in [-0.39, 0.29) is 5.54 Å². The van der Waals surface area contributed by atoms with Crippen LogP contribution in [0.15, 0.2) is 18.2 Å². The molecule has 15 heavy (non-hydrogen) atoms. The monoisotopic (exact) mass is 202 g/mol. The molecule has 0 bridgehead atoms. The molecular formula is C13H18N2. The highest BCUT2D eigenvalue weighted by atomic mass is 15.0. The van der Waals surface area contributed by atoms with Gasteiger partial charge in [0.2, 0.25) is 0 Å². The predicted molar refractivity (Wildman–Crippen MR) is 61.8 cm³/mol. The van der Waals surface area contributed by atoms with Gasteiger partial charge in [-0.25, -0.2) is 0 Å². The lowest BCUT2D eigenvalue weighted by Crippen LogP contribution is -2.46. The van der Waals surface area contributed by atoms with Crippen molar-refractivity contribution in [1.29, 1.82) is 0 Å². The highest BCUT2D eigenvalue weighted by Crippen LogP contribution is 2.38. The van der Waals surface area contributed by atoms with Gasteiger partial charge in [-0.1, -0.05) is 23.8 Å². The predicted octanol–water partition coefficient (Wildman–Crippen LogP) is 1.68. The van der Waals surface area contributed by atoms with Crippen molar-refractivity contribution in [2.45, 2.75) is 31.8 Å². The van der Waals surface area contributed by atoms with E-state index in [0.717, 1.165) is 19.6 Å². The van der Waals surface area contributed by atoms with Crippen LogP contribution in [0.5, 0.6) is 0 Å². The van der Waals surface area contributed by atoms with Gasteiger partial charge in [0, 0.05) is 12.1 Å². The summed E-state index contributed by atoms with van der Waals surface area (Å²) >= 11 is 0. The van der Waals surface area contributed by atoms with Gasteiger partial charge in [0.05, 0.1) is 0 Å². The van der Waals surface area contributed by atoms with Crippen LogP contribution in [0.2, 0.25) is 0 Å². The van der Waals surface area contributed by atoms with Crippen LogP contribution < -0.4 is 10.6 Å². The first-order valence-electron chi connectivity index (χ1n) is 5.86. The first-order valence-corrected chi connectivity index (χ1v) is 5.86. The molecule has 2 heteroatoms. The van der Waals surface area contributed by atoms with Crippen molar-refractivity contribution in [1.82, 2.24) is 10.6 Å². The molecule has 0 aliphatic carbocycles. The van der Waals surface area contributed by atoms with E-state index in [1.54, 1.807) is 5.56 Å². The second kappa shape index (κ2) is 3.32. The summed E-state index contributed by atoms with van der Waals surface area (Å²) < 4.78 is 0. The molecule has 2 nitrogen and oxygen atoms in total. The molecular weight excluding hydrogens is 184 g/mol. The highest BCUT2D eigenvalue weighted by Gasteiger charge is 2.38. The first-order chi connectivity index (χ1) is 7.30. The largest absolute Gasteiger partial charge is 0.317 e. The van der Waals surface area contributed by atoms with Crippen LogP contribution in [-0.4, -0.2) is 13.1 Å². The van der Waals surface area contributed by atoms with E-state index in [2.05, 4.69) is 35.8 Å². The molecule has 2 aliphatic rings. The number of fused-ring (bicyclic) bond motifs is 2. The lowest BCUT2D eigenvalue weighted by atomic mass is 9.82. The fourth-order valence-electron chi connectivity index (χ4n) is 2.99. The van der Waals surface area contributed by atoms with E-state index in [0.29, 0.717) is 0 Å². The maximum absolute atomic E-state index is 3.72. The zero-order chi connectivity index (χ0) is 10.3. The molecule has 2 aliphatic heterocycles. The lowest BCUT2D eigenvalue weighted by molar-refractivity contribution is 0.265. The average Bonchev–Trinajstić information content (AvgIpc) is 2.58. The van der Waals surface area contributed by atoms with E-state index in [9.17, 15) is 0 Å². The second-order valence-corrected chi connectivity index (χ2v) is 4.85. The van der Waals surface area contributed by atoms with Gasteiger partial charge in [-0.15, -0.1) is 0 Å². The summed E-state index contributed by atoms with van der Waals surface area (Å²) in [7, 11) is 0. The molecule has 0 saturated carbocycles. The Labute approximate surface area is 91.1 Å². The first kappa shape index (κ1) is 9.37. The number of rotatable bonds is 0. The zero-order valence-electron chi connectivity index (χ0n) is 9.27. The Morgan fingerprint density at radius 3 is 2.80 bits per heavy atom.